The Hall–Kier alpha value is -1.01. The summed E-state index contributed by atoms with van der Waals surface area (Å²) in [5, 5.41) is 6.06. The first kappa shape index (κ1) is 15.4. The van der Waals surface area contributed by atoms with Crippen molar-refractivity contribution in [3.05, 3.63) is 33.8 Å². The van der Waals surface area contributed by atoms with Gasteiger partial charge in [0.05, 0.1) is 5.56 Å². The molecule has 0 bridgehead atoms. The van der Waals surface area contributed by atoms with Crippen LogP contribution in [-0.2, 0) is 0 Å². The molecule has 1 aliphatic rings. The maximum absolute atomic E-state index is 13.1. The zero-order valence-electron chi connectivity index (χ0n) is 11.0. The first-order valence-electron chi connectivity index (χ1n) is 6.71. The van der Waals surface area contributed by atoms with Crippen LogP contribution in [0.25, 0.3) is 0 Å². The summed E-state index contributed by atoms with van der Waals surface area (Å²) in [6.45, 7) is 2.58. The third-order valence-corrected chi connectivity index (χ3v) is 4.15. The van der Waals surface area contributed by atoms with E-state index in [0.29, 0.717) is 12.5 Å². The van der Waals surface area contributed by atoms with Gasteiger partial charge in [-0.3, -0.25) is 4.79 Å². The van der Waals surface area contributed by atoms with Gasteiger partial charge in [-0.05, 0) is 66.3 Å². The molecule has 1 unspecified atom stereocenters. The van der Waals surface area contributed by atoms with E-state index in [1.165, 1.54) is 0 Å². The molecule has 0 aromatic heterocycles. The van der Waals surface area contributed by atoms with Crippen LogP contribution in [0.5, 0.6) is 0 Å². The maximum Gasteiger partial charge on any atom is 0.252 e. The molecule has 2 N–H and O–H groups in total. The summed E-state index contributed by atoms with van der Waals surface area (Å²) in [4.78, 5) is 11.9. The van der Waals surface area contributed by atoms with Gasteiger partial charge < -0.3 is 10.6 Å². The molecule has 3 nitrogen and oxygen atoms in total. The molecule has 1 saturated heterocycles. The van der Waals surface area contributed by atoms with E-state index in [1.807, 2.05) is 0 Å². The van der Waals surface area contributed by atoms with Crippen LogP contribution in [-0.4, -0.2) is 25.5 Å². The van der Waals surface area contributed by atoms with Crippen molar-refractivity contribution >= 4 is 21.8 Å². The van der Waals surface area contributed by atoms with Gasteiger partial charge in [-0.1, -0.05) is 0 Å². The average Bonchev–Trinajstić information content (AvgIpc) is 2.44. The molecule has 110 valence electrons. The van der Waals surface area contributed by atoms with Gasteiger partial charge in [-0.15, -0.1) is 0 Å². The topological polar surface area (TPSA) is 41.1 Å². The fraction of sp³-hybridized carbons (Fsp3) is 0.500. The molecule has 1 aliphatic heterocycles. The smallest absolute Gasteiger partial charge is 0.252 e. The van der Waals surface area contributed by atoms with Gasteiger partial charge in [0.15, 0.2) is 11.6 Å². The quantitative estimate of drug-likeness (QED) is 0.823. The molecule has 1 heterocycles. The molecule has 6 heteroatoms. The Morgan fingerprint density at radius 3 is 2.85 bits per heavy atom. The second-order valence-corrected chi connectivity index (χ2v) is 5.86. The molecule has 1 fully saturated rings. The van der Waals surface area contributed by atoms with Gasteiger partial charge in [0.2, 0.25) is 0 Å². The lowest BCUT2D eigenvalue weighted by molar-refractivity contribution is 0.0949. The predicted molar refractivity (Wildman–Crippen MR) is 76.6 cm³/mol. The molecule has 1 aromatic rings. The number of hydrogen-bond donors (Lipinski definition) is 2. The zero-order chi connectivity index (χ0) is 14.5. The number of piperidine rings is 1. The van der Waals surface area contributed by atoms with Gasteiger partial charge in [0.1, 0.15) is 0 Å². The van der Waals surface area contributed by atoms with Gasteiger partial charge in [-0.2, -0.15) is 0 Å². The maximum atomic E-state index is 13.1. The van der Waals surface area contributed by atoms with Gasteiger partial charge >= 0.3 is 0 Å². The lowest BCUT2D eigenvalue weighted by Crippen LogP contribution is -2.33. The van der Waals surface area contributed by atoms with E-state index in [0.717, 1.165) is 44.5 Å². The first-order valence-corrected chi connectivity index (χ1v) is 7.50. The van der Waals surface area contributed by atoms with Gasteiger partial charge in [-0.25, -0.2) is 8.78 Å². The minimum atomic E-state index is -1.02. The summed E-state index contributed by atoms with van der Waals surface area (Å²) < 4.78 is 26.4. The molecule has 1 atom stereocenters. The predicted octanol–water partition coefficient (Wildman–Crippen LogP) is 2.85. The highest BCUT2D eigenvalue weighted by molar-refractivity contribution is 9.10. The van der Waals surface area contributed by atoms with Crippen LogP contribution in [0, 0.1) is 17.6 Å². The highest BCUT2D eigenvalue weighted by Crippen LogP contribution is 2.20. The second kappa shape index (κ2) is 7.13. The van der Waals surface area contributed by atoms with Crippen LogP contribution in [0.2, 0.25) is 0 Å². The minimum Gasteiger partial charge on any atom is -0.352 e. The highest BCUT2D eigenvalue weighted by Gasteiger charge is 2.16. The molecule has 0 aliphatic carbocycles. The standard InChI is InChI=1S/C14H17BrF2N2O/c15-11-7-13(17)12(16)6-10(11)14(20)19-5-3-9-2-1-4-18-8-9/h6-7,9,18H,1-5,8H2,(H,19,20). The fourth-order valence-electron chi connectivity index (χ4n) is 2.35. The lowest BCUT2D eigenvalue weighted by Gasteiger charge is -2.22. The summed E-state index contributed by atoms with van der Waals surface area (Å²) in [6.07, 6.45) is 3.21. The Morgan fingerprint density at radius 1 is 1.40 bits per heavy atom. The molecule has 1 aromatic carbocycles. The Kier molecular flexibility index (Phi) is 5.48. The third-order valence-electron chi connectivity index (χ3n) is 3.49. The van der Waals surface area contributed by atoms with Crippen LogP contribution in [0.1, 0.15) is 29.6 Å². The number of hydrogen-bond acceptors (Lipinski definition) is 2. The number of amides is 1. The van der Waals surface area contributed by atoms with E-state index in [1.54, 1.807) is 0 Å². The van der Waals surface area contributed by atoms with Gasteiger partial charge in [0.25, 0.3) is 5.91 Å². The lowest BCUT2D eigenvalue weighted by atomic mass is 9.96. The molecule has 1 amide bonds. The van der Waals surface area contributed by atoms with Crippen LogP contribution >= 0.6 is 15.9 Å². The van der Waals surface area contributed by atoms with Crippen molar-refractivity contribution in [2.45, 2.75) is 19.3 Å². The molecular formula is C14H17BrF2N2O. The van der Waals surface area contributed by atoms with Crippen molar-refractivity contribution < 1.29 is 13.6 Å². The van der Waals surface area contributed by atoms with Crippen molar-refractivity contribution in [1.82, 2.24) is 10.6 Å². The minimum absolute atomic E-state index is 0.116. The van der Waals surface area contributed by atoms with Crippen LogP contribution in [0.4, 0.5) is 8.78 Å². The largest absolute Gasteiger partial charge is 0.352 e. The molecular weight excluding hydrogens is 330 g/mol. The molecule has 20 heavy (non-hydrogen) atoms. The van der Waals surface area contributed by atoms with E-state index < -0.39 is 11.6 Å². The summed E-state index contributed by atoms with van der Waals surface area (Å²) in [5.41, 5.74) is 0.116. The number of nitrogens with one attached hydrogen (secondary N) is 2. The van der Waals surface area contributed by atoms with E-state index in [-0.39, 0.29) is 15.9 Å². The Bertz CT molecular complexity index is 490. The van der Waals surface area contributed by atoms with Crippen molar-refractivity contribution in [3.63, 3.8) is 0 Å². The van der Waals surface area contributed by atoms with Crippen molar-refractivity contribution in [2.75, 3.05) is 19.6 Å². The Labute approximate surface area is 125 Å². The zero-order valence-corrected chi connectivity index (χ0v) is 12.6. The second-order valence-electron chi connectivity index (χ2n) is 5.00. The van der Waals surface area contributed by atoms with E-state index >= 15 is 0 Å². The molecule has 0 spiro atoms. The SMILES string of the molecule is O=C(NCCC1CCCNC1)c1cc(F)c(F)cc1Br. The highest BCUT2D eigenvalue weighted by atomic mass is 79.9. The number of halogens is 3. The van der Waals surface area contributed by atoms with Crippen molar-refractivity contribution in [3.8, 4) is 0 Å². The monoisotopic (exact) mass is 346 g/mol. The molecule has 0 saturated carbocycles. The number of carbonyl (C=O) groups excluding carboxylic acids is 1. The van der Waals surface area contributed by atoms with E-state index in [9.17, 15) is 13.6 Å². The van der Waals surface area contributed by atoms with E-state index in [2.05, 4.69) is 26.6 Å². The summed E-state index contributed by atoms with van der Waals surface area (Å²) in [7, 11) is 0. The Morgan fingerprint density at radius 2 is 2.15 bits per heavy atom. The number of carbonyl (C=O) groups is 1. The van der Waals surface area contributed by atoms with Crippen LogP contribution in [0.3, 0.4) is 0 Å². The van der Waals surface area contributed by atoms with Crippen LogP contribution in [0.15, 0.2) is 16.6 Å². The summed E-state index contributed by atoms with van der Waals surface area (Å²) in [5.74, 6) is -1.81. The van der Waals surface area contributed by atoms with Crippen LogP contribution < -0.4 is 10.6 Å². The summed E-state index contributed by atoms with van der Waals surface area (Å²) in [6, 6.07) is 1.88. The fourth-order valence-corrected chi connectivity index (χ4v) is 2.85. The molecule has 0 radical (unpaired) electrons. The summed E-state index contributed by atoms with van der Waals surface area (Å²) >= 11 is 3.07. The molecule has 2 rings (SSSR count). The number of benzene rings is 1. The first-order chi connectivity index (χ1) is 9.58. The van der Waals surface area contributed by atoms with Gasteiger partial charge in [0, 0.05) is 11.0 Å². The van der Waals surface area contributed by atoms with Crippen molar-refractivity contribution in [2.24, 2.45) is 5.92 Å². The Balaban J connectivity index is 1.87. The normalized spacial score (nSPS) is 18.9. The number of rotatable bonds is 4. The average molecular weight is 347 g/mol. The van der Waals surface area contributed by atoms with Crippen molar-refractivity contribution in [1.29, 1.82) is 0 Å². The van der Waals surface area contributed by atoms with E-state index in [4.69, 9.17) is 0 Å². The third kappa shape index (κ3) is 3.99.